The molecule has 0 saturated carbocycles. The van der Waals surface area contributed by atoms with E-state index < -0.39 is 28.7 Å². The number of halogens is 3. The lowest BCUT2D eigenvalue weighted by atomic mass is 9.84. The van der Waals surface area contributed by atoms with Crippen LogP contribution in [0, 0.1) is 6.92 Å². The zero-order chi connectivity index (χ0) is 25.7. The van der Waals surface area contributed by atoms with E-state index >= 15 is 0 Å². The van der Waals surface area contributed by atoms with Gasteiger partial charge in [-0.25, -0.2) is 0 Å². The summed E-state index contributed by atoms with van der Waals surface area (Å²) >= 11 is 0.716. The summed E-state index contributed by atoms with van der Waals surface area (Å²) in [6.45, 7) is 7.86. The molecule has 0 atom stereocenters. The Morgan fingerprint density at radius 2 is 1.83 bits per heavy atom. The van der Waals surface area contributed by atoms with E-state index in [4.69, 9.17) is 0 Å². The first-order valence-corrected chi connectivity index (χ1v) is 11.8. The number of nitrogens with one attached hydrogen (secondary N) is 1. The number of imide groups is 1. The number of carbonyl (C=O) groups excluding carboxylic acids is 3. The number of hydrogen-bond donors (Lipinski definition) is 1. The third kappa shape index (κ3) is 4.67. The second-order valence-electron chi connectivity index (χ2n) is 8.92. The number of ether oxygens (including phenoxy) is 1. The van der Waals surface area contributed by atoms with Gasteiger partial charge in [-0.15, -0.1) is 13.2 Å². The van der Waals surface area contributed by atoms with E-state index in [1.54, 1.807) is 17.9 Å². The van der Waals surface area contributed by atoms with Gasteiger partial charge in [0.2, 0.25) is 5.91 Å². The minimum atomic E-state index is -4.92. The van der Waals surface area contributed by atoms with Crippen LogP contribution in [0.15, 0.2) is 35.2 Å². The zero-order valence-electron chi connectivity index (χ0n) is 19.5. The Hall–Kier alpha value is -3.27. The lowest BCUT2D eigenvalue weighted by Gasteiger charge is -2.20. The molecule has 0 bridgehead atoms. The number of thioether (sulfide) groups is 1. The van der Waals surface area contributed by atoms with E-state index in [1.165, 1.54) is 24.3 Å². The van der Waals surface area contributed by atoms with E-state index in [0.717, 1.165) is 5.56 Å². The van der Waals surface area contributed by atoms with E-state index in [-0.39, 0.29) is 16.4 Å². The first-order valence-electron chi connectivity index (χ1n) is 10.9. The summed E-state index contributed by atoms with van der Waals surface area (Å²) in [5.74, 6) is -1.04. The van der Waals surface area contributed by atoms with Gasteiger partial charge in [0.05, 0.1) is 10.3 Å². The Labute approximate surface area is 204 Å². The molecule has 4 rings (SSSR count). The Bertz CT molecular complexity index is 1280. The molecule has 0 radical (unpaired) electrons. The van der Waals surface area contributed by atoms with E-state index in [2.05, 4.69) is 10.1 Å². The molecule has 2 aliphatic rings. The first-order chi connectivity index (χ1) is 16.3. The molecule has 1 saturated heterocycles. The molecule has 0 unspecified atom stereocenters. The Morgan fingerprint density at radius 3 is 2.43 bits per heavy atom. The van der Waals surface area contributed by atoms with Gasteiger partial charge in [0.25, 0.3) is 11.1 Å². The highest BCUT2D eigenvalue weighted by molar-refractivity contribution is 8.18. The van der Waals surface area contributed by atoms with Gasteiger partial charge in [-0.1, -0.05) is 19.1 Å². The fourth-order valence-electron chi connectivity index (χ4n) is 4.35. The molecule has 1 N–H and O–H groups in total. The van der Waals surface area contributed by atoms with Crippen molar-refractivity contribution in [3.8, 4) is 16.9 Å². The maximum absolute atomic E-state index is 13.2. The number of rotatable bonds is 5. The van der Waals surface area contributed by atoms with Crippen LogP contribution in [0.3, 0.4) is 0 Å². The predicted molar refractivity (Wildman–Crippen MR) is 128 cm³/mol. The standard InChI is InChI=1S/C25H23F3N2O4S/c1-5-8-30-18-12-15(13(2)9-17(18)24(3,4)22(30)32)16-10-14(6-7-19(16)34-25(26,27)28)11-20-21(31)29-23(33)35-20/h6-7,9-12H,5,8H2,1-4H3,(H,29,31,33)/b20-11+. The number of benzene rings is 2. The quantitative estimate of drug-likeness (QED) is 0.512. The van der Waals surface area contributed by atoms with Crippen molar-refractivity contribution in [3.63, 3.8) is 0 Å². The van der Waals surface area contributed by atoms with Gasteiger partial charge in [0.1, 0.15) is 5.75 Å². The summed E-state index contributed by atoms with van der Waals surface area (Å²) in [6, 6.07) is 7.60. The molecule has 0 aromatic heterocycles. The van der Waals surface area contributed by atoms with E-state index in [9.17, 15) is 27.6 Å². The number of nitrogens with zero attached hydrogens (tertiary/aromatic N) is 1. The van der Waals surface area contributed by atoms with Crippen LogP contribution in [0.5, 0.6) is 5.75 Å². The summed E-state index contributed by atoms with van der Waals surface area (Å²) in [5.41, 5.74) is 2.42. The summed E-state index contributed by atoms with van der Waals surface area (Å²) < 4.78 is 44.0. The topological polar surface area (TPSA) is 75.7 Å². The molecule has 0 spiro atoms. The average Bonchev–Trinajstić information content (AvgIpc) is 3.16. The van der Waals surface area contributed by atoms with Crippen LogP contribution in [-0.4, -0.2) is 30.0 Å². The lowest BCUT2D eigenvalue weighted by molar-refractivity contribution is -0.274. The number of carbonyl (C=O) groups is 3. The largest absolute Gasteiger partial charge is 0.573 e. The van der Waals surface area contributed by atoms with E-state index in [1.807, 2.05) is 26.8 Å². The van der Waals surface area contributed by atoms with Gasteiger partial charge < -0.3 is 9.64 Å². The molecule has 3 amide bonds. The SMILES string of the molecule is CCCN1C(=O)C(C)(C)c2cc(C)c(-c3cc(/C=C4/SC(=O)NC4=O)ccc3OC(F)(F)F)cc21. The number of fused-ring (bicyclic) bond motifs is 1. The number of anilines is 1. The van der Waals surface area contributed by atoms with Crippen molar-refractivity contribution < 1.29 is 32.3 Å². The van der Waals surface area contributed by atoms with Gasteiger partial charge in [-0.3, -0.25) is 19.7 Å². The first kappa shape index (κ1) is 24.8. The van der Waals surface area contributed by atoms with Crippen LogP contribution in [-0.2, 0) is 15.0 Å². The third-order valence-electron chi connectivity index (χ3n) is 5.99. The molecule has 2 aliphatic heterocycles. The second-order valence-corrected chi connectivity index (χ2v) is 9.94. The molecular weight excluding hydrogens is 481 g/mol. The Morgan fingerprint density at radius 1 is 1.11 bits per heavy atom. The van der Waals surface area contributed by atoms with Crippen molar-refractivity contribution in [1.82, 2.24) is 5.32 Å². The fraction of sp³-hybridized carbons (Fsp3) is 0.320. The minimum Gasteiger partial charge on any atom is -0.405 e. The van der Waals surface area contributed by atoms with Gasteiger partial charge in [-0.2, -0.15) is 0 Å². The normalized spacial score (nSPS) is 18.3. The molecule has 184 valence electrons. The molecule has 6 nitrogen and oxygen atoms in total. The predicted octanol–water partition coefficient (Wildman–Crippen LogP) is 5.92. The van der Waals surface area contributed by atoms with Crippen molar-refractivity contribution >= 4 is 40.6 Å². The maximum Gasteiger partial charge on any atom is 0.573 e. The van der Waals surface area contributed by atoms with Gasteiger partial charge >= 0.3 is 6.36 Å². The van der Waals surface area contributed by atoms with Crippen molar-refractivity contribution in [3.05, 3.63) is 51.9 Å². The summed E-state index contributed by atoms with van der Waals surface area (Å²) in [5, 5.41) is 1.63. The van der Waals surface area contributed by atoms with Crippen LogP contribution in [0.25, 0.3) is 17.2 Å². The van der Waals surface area contributed by atoms with Crippen molar-refractivity contribution in [2.24, 2.45) is 0 Å². The Kier molecular flexibility index (Phi) is 6.21. The molecule has 2 aromatic carbocycles. The highest BCUT2D eigenvalue weighted by Crippen LogP contribution is 2.46. The van der Waals surface area contributed by atoms with Crippen LogP contribution >= 0.6 is 11.8 Å². The van der Waals surface area contributed by atoms with Gasteiger partial charge in [0.15, 0.2) is 0 Å². The monoisotopic (exact) mass is 504 g/mol. The highest BCUT2D eigenvalue weighted by atomic mass is 32.2. The van der Waals surface area contributed by atoms with Crippen molar-refractivity contribution in [2.75, 3.05) is 11.4 Å². The van der Waals surface area contributed by atoms with E-state index in [0.29, 0.717) is 47.1 Å². The van der Waals surface area contributed by atoms with Crippen molar-refractivity contribution in [2.45, 2.75) is 45.9 Å². The molecule has 0 aliphatic carbocycles. The third-order valence-corrected chi connectivity index (χ3v) is 6.80. The smallest absolute Gasteiger partial charge is 0.405 e. The van der Waals surface area contributed by atoms with Crippen LogP contribution in [0.2, 0.25) is 0 Å². The highest BCUT2D eigenvalue weighted by Gasteiger charge is 2.44. The second kappa shape index (κ2) is 8.75. The number of aryl methyl sites for hydroxylation is 1. The number of alkyl halides is 3. The van der Waals surface area contributed by atoms with Crippen LogP contribution < -0.4 is 15.0 Å². The molecule has 2 aromatic rings. The number of hydrogen-bond acceptors (Lipinski definition) is 5. The lowest BCUT2D eigenvalue weighted by Crippen LogP contribution is -2.36. The Balaban J connectivity index is 1.89. The minimum absolute atomic E-state index is 0.0647. The van der Waals surface area contributed by atoms with Crippen molar-refractivity contribution in [1.29, 1.82) is 0 Å². The fourth-order valence-corrected chi connectivity index (χ4v) is 5.03. The summed E-state index contributed by atoms with van der Waals surface area (Å²) in [4.78, 5) is 38.3. The molecular formula is C25H23F3N2O4S. The van der Waals surface area contributed by atoms with Gasteiger partial charge in [-0.05, 0) is 85.5 Å². The molecule has 1 fully saturated rings. The summed E-state index contributed by atoms with van der Waals surface area (Å²) in [7, 11) is 0. The van der Waals surface area contributed by atoms with Crippen LogP contribution in [0.1, 0.15) is 43.9 Å². The summed E-state index contributed by atoms with van der Waals surface area (Å²) in [6.07, 6.45) is -2.77. The average molecular weight is 505 g/mol. The number of amides is 3. The van der Waals surface area contributed by atoms with Crippen LogP contribution in [0.4, 0.5) is 23.7 Å². The maximum atomic E-state index is 13.2. The molecule has 2 heterocycles. The molecule has 35 heavy (non-hydrogen) atoms. The zero-order valence-corrected chi connectivity index (χ0v) is 20.3. The molecule has 10 heteroatoms. The van der Waals surface area contributed by atoms with Gasteiger partial charge in [0, 0.05) is 17.8 Å².